The second-order valence-electron chi connectivity index (χ2n) is 7.95. The van der Waals surface area contributed by atoms with Gasteiger partial charge in [-0.3, -0.25) is 9.59 Å². The van der Waals surface area contributed by atoms with Crippen LogP contribution in [0.25, 0.3) is 0 Å². The minimum atomic E-state index is -0.336. The van der Waals surface area contributed by atoms with Crippen molar-refractivity contribution in [1.82, 2.24) is 0 Å². The molecular weight excluding hydrogens is 416 g/mol. The molecule has 0 aliphatic carbocycles. The molecule has 0 fully saturated rings. The largest absolute Gasteiger partial charge is 0.350 e. The van der Waals surface area contributed by atoms with Gasteiger partial charge in [-0.25, -0.2) is 4.90 Å². The molecule has 0 aromatic heterocycles. The maximum Gasteiger partial charge on any atom is 0.283 e. The average molecular weight is 443 g/mol. The zero-order chi connectivity index (χ0) is 22.7. The van der Waals surface area contributed by atoms with E-state index in [1.807, 2.05) is 78.9 Å². The molecule has 4 nitrogen and oxygen atoms in total. The maximum atomic E-state index is 13.5. The van der Waals surface area contributed by atoms with E-state index in [-0.39, 0.29) is 11.8 Å². The van der Waals surface area contributed by atoms with Gasteiger partial charge in [-0.2, -0.15) is 0 Å². The Labute approximate surface area is 193 Å². The van der Waals surface area contributed by atoms with Gasteiger partial charge in [-0.1, -0.05) is 81.1 Å². The van der Waals surface area contributed by atoms with Gasteiger partial charge in [0.25, 0.3) is 11.8 Å². The molecule has 2 amide bonds. The van der Waals surface area contributed by atoms with Crippen molar-refractivity contribution in [2.75, 3.05) is 10.2 Å². The highest BCUT2D eigenvalue weighted by Gasteiger charge is 2.40. The molecule has 162 valence electrons. The number of anilines is 2. The Balaban J connectivity index is 1.74. The predicted octanol–water partition coefficient (Wildman–Crippen LogP) is 6.36. The molecule has 1 aliphatic heterocycles. The van der Waals surface area contributed by atoms with Crippen molar-refractivity contribution in [3.8, 4) is 0 Å². The van der Waals surface area contributed by atoms with Crippen LogP contribution in [0.3, 0.4) is 0 Å². The number of thioether (sulfide) groups is 1. The predicted molar refractivity (Wildman–Crippen MR) is 132 cm³/mol. The molecule has 0 saturated heterocycles. The van der Waals surface area contributed by atoms with Gasteiger partial charge in [0.15, 0.2) is 0 Å². The Bertz CT molecular complexity index is 1170. The van der Waals surface area contributed by atoms with E-state index in [0.717, 1.165) is 28.1 Å². The quantitative estimate of drug-likeness (QED) is 0.433. The van der Waals surface area contributed by atoms with E-state index in [1.54, 1.807) is 0 Å². The lowest BCUT2D eigenvalue weighted by Crippen LogP contribution is -2.32. The summed E-state index contributed by atoms with van der Waals surface area (Å²) in [6, 6.07) is 25.2. The van der Waals surface area contributed by atoms with Gasteiger partial charge in [0, 0.05) is 10.6 Å². The first-order chi connectivity index (χ1) is 15.5. The van der Waals surface area contributed by atoms with Gasteiger partial charge in [-0.05, 0) is 53.8 Å². The number of imide groups is 1. The Hall–Kier alpha value is -3.31. The third kappa shape index (κ3) is 4.34. The molecule has 0 unspecified atom stereocenters. The number of hydrogen-bond donors (Lipinski definition) is 1. The van der Waals surface area contributed by atoms with E-state index in [4.69, 9.17) is 0 Å². The standard InChI is InChI=1S/C27H26N2O2S/c1-4-19-10-8-9-13-23(19)28-24-25(32-22-11-6-5-7-12-22)27(31)29(26(24)30)21-16-14-20(15-17-21)18(2)3/h5-18,28H,4H2,1-3H3. The molecule has 0 spiro atoms. The summed E-state index contributed by atoms with van der Waals surface area (Å²) in [6.07, 6.45) is 0.820. The van der Waals surface area contributed by atoms with E-state index >= 15 is 0 Å². The van der Waals surface area contributed by atoms with E-state index in [0.29, 0.717) is 22.2 Å². The number of nitrogens with one attached hydrogen (secondary N) is 1. The fourth-order valence-electron chi connectivity index (χ4n) is 3.65. The third-order valence-electron chi connectivity index (χ3n) is 5.48. The lowest BCUT2D eigenvalue weighted by molar-refractivity contribution is -0.120. The van der Waals surface area contributed by atoms with Crippen LogP contribution in [0, 0.1) is 0 Å². The zero-order valence-corrected chi connectivity index (χ0v) is 19.3. The number of amides is 2. The van der Waals surface area contributed by atoms with Crippen LogP contribution in [0.4, 0.5) is 11.4 Å². The lowest BCUT2D eigenvalue weighted by Gasteiger charge is -2.17. The van der Waals surface area contributed by atoms with Crippen LogP contribution in [-0.4, -0.2) is 11.8 Å². The van der Waals surface area contributed by atoms with Crippen LogP contribution in [0.1, 0.15) is 37.8 Å². The Morgan fingerprint density at radius 2 is 1.50 bits per heavy atom. The number of aryl methyl sites for hydroxylation is 1. The van der Waals surface area contributed by atoms with Crippen molar-refractivity contribution >= 4 is 35.0 Å². The van der Waals surface area contributed by atoms with E-state index < -0.39 is 0 Å². The molecule has 0 bridgehead atoms. The Morgan fingerprint density at radius 3 is 2.16 bits per heavy atom. The van der Waals surface area contributed by atoms with Crippen molar-refractivity contribution in [1.29, 1.82) is 0 Å². The van der Waals surface area contributed by atoms with Crippen LogP contribution < -0.4 is 10.2 Å². The molecule has 4 rings (SSSR count). The molecule has 0 radical (unpaired) electrons. The Morgan fingerprint density at radius 1 is 0.844 bits per heavy atom. The van der Waals surface area contributed by atoms with Gasteiger partial charge < -0.3 is 5.32 Å². The third-order valence-corrected chi connectivity index (χ3v) is 6.57. The van der Waals surface area contributed by atoms with Crippen molar-refractivity contribution in [2.45, 2.75) is 38.0 Å². The van der Waals surface area contributed by atoms with Crippen molar-refractivity contribution in [3.63, 3.8) is 0 Å². The molecule has 5 heteroatoms. The highest BCUT2D eigenvalue weighted by molar-refractivity contribution is 8.04. The molecule has 0 atom stereocenters. The SMILES string of the molecule is CCc1ccccc1NC1=C(Sc2ccccc2)C(=O)N(c2ccc(C(C)C)cc2)C1=O. The van der Waals surface area contributed by atoms with Crippen LogP contribution in [-0.2, 0) is 16.0 Å². The molecule has 1 N–H and O–H groups in total. The summed E-state index contributed by atoms with van der Waals surface area (Å²) < 4.78 is 0. The van der Waals surface area contributed by atoms with E-state index in [2.05, 4.69) is 26.1 Å². The molecular formula is C27H26N2O2S. The Kier molecular flexibility index (Phi) is 6.47. The van der Waals surface area contributed by atoms with E-state index in [9.17, 15) is 9.59 Å². The second-order valence-corrected chi connectivity index (χ2v) is 9.03. The first-order valence-electron chi connectivity index (χ1n) is 10.8. The average Bonchev–Trinajstić information content (AvgIpc) is 3.04. The number of para-hydroxylation sites is 1. The van der Waals surface area contributed by atoms with Crippen molar-refractivity contribution < 1.29 is 9.59 Å². The smallest absolute Gasteiger partial charge is 0.283 e. The summed E-state index contributed by atoms with van der Waals surface area (Å²) in [5.74, 6) is -0.270. The minimum Gasteiger partial charge on any atom is -0.350 e. The molecule has 1 aliphatic rings. The van der Waals surface area contributed by atoms with Crippen LogP contribution in [0.2, 0.25) is 0 Å². The second kappa shape index (κ2) is 9.45. The number of nitrogens with zero attached hydrogens (tertiary/aromatic N) is 1. The minimum absolute atomic E-state index is 0.308. The first kappa shape index (κ1) is 21.9. The number of hydrogen-bond acceptors (Lipinski definition) is 4. The van der Waals surface area contributed by atoms with Gasteiger partial charge in [0.2, 0.25) is 0 Å². The van der Waals surface area contributed by atoms with Crippen LogP contribution in [0.5, 0.6) is 0 Å². The van der Waals surface area contributed by atoms with E-state index in [1.165, 1.54) is 16.7 Å². The summed E-state index contributed by atoms with van der Waals surface area (Å²) in [7, 11) is 0. The summed E-state index contributed by atoms with van der Waals surface area (Å²) in [5.41, 5.74) is 3.99. The van der Waals surface area contributed by atoms with Gasteiger partial charge in [0.1, 0.15) is 10.6 Å². The molecule has 0 saturated carbocycles. The normalized spacial score (nSPS) is 13.9. The van der Waals surface area contributed by atoms with Gasteiger partial charge in [-0.15, -0.1) is 0 Å². The van der Waals surface area contributed by atoms with Gasteiger partial charge in [0.05, 0.1) is 5.69 Å². The first-order valence-corrected chi connectivity index (χ1v) is 11.6. The summed E-state index contributed by atoms with van der Waals surface area (Å²) in [4.78, 5) is 29.6. The molecule has 32 heavy (non-hydrogen) atoms. The van der Waals surface area contributed by atoms with Crippen molar-refractivity contribution in [2.24, 2.45) is 0 Å². The summed E-state index contributed by atoms with van der Waals surface area (Å²) >= 11 is 1.32. The monoisotopic (exact) mass is 442 g/mol. The highest BCUT2D eigenvalue weighted by Crippen LogP contribution is 2.38. The maximum absolute atomic E-state index is 13.5. The number of carbonyl (C=O) groups is 2. The van der Waals surface area contributed by atoms with Crippen LogP contribution >= 0.6 is 11.8 Å². The molecule has 3 aromatic carbocycles. The number of benzene rings is 3. The zero-order valence-electron chi connectivity index (χ0n) is 18.5. The summed E-state index contributed by atoms with van der Waals surface area (Å²) in [5, 5.41) is 3.29. The van der Waals surface area contributed by atoms with Gasteiger partial charge >= 0.3 is 0 Å². The topological polar surface area (TPSA) is 49.4 Å². The fraction of sp³-hybridized carbons (Fsp3) is 0.185. The lowest BCUT2D eigenvalue weighted by atomic mass is 10.0. The van der Waals surface area contributed by atoms with Crippen molar-refractivity contribution in [3.05, 3.63) is 101 Å². The van der Waals surface area contributed by atoms with Crippen LogP contribution in [0.15, 0.2) is 94.4 Å². The fourth-order valence-corrected chi connectivity index (χ4v) is 4.60. The molecule has 3 aromatic rings. The number of rotatable bonds is 7. The molecule has 1 heterocycles. The highest BCUT2D eigenvalue weighted by atomic mass is 32.2. The number of carbonyl (C=O) groups excluding carboxylic acids is 2. The summed E-state index contributed by atoms with van der Waals surface area (Å²) in [6.45, 7) is 6.30.